The van der Waals surface area contributed by atoms with Crippen molar-refractivity contribution in [3.63, 3.8) is 0 Å². The molecule has 0 aliphatic carbocycles. The van der Waals surface area contributed by atoms with Gasteiger partial charge in [-0.15, -0.1) is 0 Å². The highest BCUT2D eigenvalue weighted by Gasteiger charge is 2.12. The molecule has 0 heterocycles. The molecule has 1 aromatic rings. The fraction of sp³-hybridized carbons (Fsp3) is 0.300. The fourth-order valence-corrected chi connectivity index (χ4v) is 3.15. The molecular formula is C10H11OPS2. The third-order valence-electron chi connectivity index (χ3n) is 2.00. The second-order valence-electron chi connectivity index (χ2n) is 3.23. The van der Waals surface area contributed by atoms with Gasteiger partial charge in [0, 0.05) is 5.56 Å². The molecule has 0 aromatic heterocycles. The Morgan fingerprint density at radius 3 is 2.21 bits per heavy atom. The molecular weight excluding hydrogens is 231 g/mol. The van der Waals surface area contributed by atoms with Crippen LogP contribution in [0.2, 0.25) is 0 Å². The minimum absolute atomic E-state index is 0.0802. The summed E-state index contributed by atoms with van der Waals surface area (Å²) < 4.78 is 0. The summed E-state index contributed by atoms with van der Waals surface area (Å²) in [7, 11) is 0. The van der Waals surface area contributed by atoms with Crippen LogP contribution in [0, 0.1) is 20.8 Å². The Kier molecular flexibility index (Phi) is 4.24. The van der Waals surface area contributed by atoms with E-state index in [4.69, 9.17) is 11.8 Å². The van der Waals surface area contributed by atoms with E-state index in [1.807, 2.05) is 32.9 Å². The van der Waals surface area contributed by atoms with Crippen LogP contribution in [0.15, 0.2) is 12.1 Å². The first kappa shape index (κ1) is 11.8. The van der Waals surface area contributed by atoms with Crippen LogP contribution in [0.25, 0.3) is 0 Å². The minimum atomic E-state index is 0.0802. The smallest absolute Gasteiger partial charge is 0.229 e. The quantitative estimate of drug-likeness (QED) is 0.734. The SMILES string of the molecule is Cc1cc(C)c(C(=O)SP=S)c(C)c1. The van der Waals surface area contributed by atoms with Crippen molar-refractivity contribution in [1.82, 2.24) is 0 Å². The average Bonchev–Trinajstić information content (AvgIpc) is 2.01. The molecule has 4 heteroatoms. The van der Waals surface area contributed by atoms with Crippen molar-refractivity contribution in [3.8, 4) is 0 Å². The van der Waals surface area contributed by atoms with Gasteiger partial charge >= 0.3 is 0 Å². The van der Waals surface area contributed by atoms with Gasteiger partial charge < -0.3 is 0 Å². The Bertz CT molecular complexity index is 365. The third-order valence-corrected chi connectivity index (χ3v) is 3.84. The topological polar surface area (TPSA) is 17.1 Å². The molecule has 0 unspecified atom stereocenters. The molecule has 0 radical (unpaired) electrons. The van der Waals surface area contributed by atoms with Crippen molar-refractivity contribution in [2.45, 2.75) is 20.8 Å². The normalized spacial score (nSPS) is 10.5. The van der Waals surface area contributed by atoms with Gasteiger partial charge in [-0.2, -0.15) is 0 Å². The van der Waals surface area contributed by atoms with Gasteiger partial charge in [0.2, 0.25) is 5.12 Å². The van der Waals surface area contributed by atoms with Crippen molar-refractivity contribution in [3.05, 3.63) is 34.4 Å². The number of aryl methyl sites for hydroxylation is 3. The van der Waals surface area contributed by atoms with Crippen LogP contribution < -0.4 is 0 Å². The van der Waals surface area contributed by atoms with Gasteiger partial charge in [0.25, 0.3) is 0 Å². The first-order chi connectivity index (χ1) is 6.56. The standard InChI is InChI=1S/C10H11OPS2/c1-6-4-7(2)9(8(3)5-6)10(11)14-12-13/h4-5H,1-3H3. The van der Waals surface area contributed by atoms with E-state index in [1.54, 1.807) is 0 Å². The Labute approximate surface area is 94.9 Å². The predicted molar refractivity (Wildman–Crippen MR) is 66.9 cm³/mol. The molecule has 0 saturated carbocycles. The summed E-state index contributed by atoms with van der Waals surface area (Å²) >= 11 is 5.92. The van der Waals surface area contributed by atoms with Gasteiger partial charge in [0.1, 0.15) is 0 Å². The van der Waals surface area contributed by atoms with Crippen LogP contribution in [0.4, 0.5) is 0 Å². The lowest BCUT2D eigenvalue weighted by atomic mass is 10.0. The van der Waals surface area contributed by atoms with E-state index in [1.165, 1.54) is 16.9 Å². The molecule has 0 bridgehead atoms. The van der Waals surface area contributed by atoms with Gasteiger partial charge in [0.15, 0.2) is 0 Å². The zero-order valence-corrected chi connectivity index (χ0v) is 10.9. The number of carbonyl (C=O) groups excluding carboxylic acids is 1. The number of hydrogen-bond donors (Lipinski definition) is 0. The predicted octanol–water partition coefficient (Wildman–Crippen LogP) is 3.81. The number of hydrogen-bond acceptors (Lipinski definition) is 3. The second-order valence-corrected chi connectivity index (χ2v) is 6.27. The molecule has 0 saturated heterocycles. The Morgan fingerprint density at radius 2 is 1.79 bits per heavy atom. The third kappa shape index (κ3) is 2.63. The molecule has 0 aliphatic heterocycles. The van der Waals surface area contributed by atoms with E-state index in [0.29, 0.717) is 6.56 Å². The largest absolute Gasteiger partial charge is 0.281 e. The number of carbonyl (C=O) groups is 1. The first-order valence-corrected chi connectivity index (χ1v) is 7.51. The van der Waals surface area contributed by atoms with Gasteiger partial charge in [-0.25, -0.2) is 0 Å². The molecule has 14 heavy (non-hydrogen) atoms. The van der Waals surface area contributed by atoms with Crippen molar-refractivity contribution >= 4 is 34.9 Å². The van der Waals surface area contributed by atoms with Crippen LogP contribution in [0.3, 0.4) is 0 Å². The number of rotatable bonds is 2. The van der Waals surface area contributed by atoms with E-state index in [9.17, 15) is 4.79 Å². The summed E-state index contributed by atoms with van der Waals surface area (Å²) in [6.07, 6.45) is 0. The zero-order valence-electron chi connectivity index (χ0n) is 8.33. The van der Waals surface area contributed by atoms with Crippen molar-refractivity contribution < 1.29 is 4.79 Å². The van der Waals surface area contributed by atoms with Crippen molar-refractivity contribution in [2.24, 2.45) is 0 Å². The van der Waals surface area contributed by atoms with E-state index >= 15 is 0 Å². The molecule has 1 rings (SSSR count). The van der Waals surface area contributed by atoms with Crippen molar-refractivity contribution in [2.75, 3.05) is 0 Å². The Morgan fingerprint density at radius 1 is 1.29 bits per heavy atom. The van der Waals surface area contributed by atoms with E-state index in [0.717, 1.165) is 16.7 Å². The Hall–Kier alpha value is -0.240. The number of benzene rings is 1. The summed E-state index contributed by atoms with van der Waals surface area (Å²) in [5, 5.41) is 0.0802. The first-order valence-electron chi connectivity index (χ1n) is 4.18. The maximum atomic E-state index is 11.7. The summed E-state index contributed by atoms with van der Waals surface area (Å²) in [6, 6.07) is 4.06. The molecule has 0 atom stereocenters. The lowest BCUT2D eigenvalue weighted by molar-refractivity contribution is 0.108. The maximum Gasteiger partial charge on any atom is 0.229 e. The lowest BCUT2D eigenvalue weighted by Crippen LogP contribution is -1.99. The summed E-state index contributed by atoms with van der Waals surface area (Å²) in [4.78, 5) is 11.7. The molecule has 0 amide bonds. The zero-order chi connectivity index (χ0) is 10.7. The monoisotopic (exact) mass is 242 g/mol. The van der Waals surface area contributed by atoms with E-state index in [2.05, 4.69) is 0 Å². The van der Waals surface area contributed by atoms with Crippen molar-refractivity contribution in [1.29, 1.82) is 0 Å². The highest BCUT2D eigenvalue weighted by atomic mass is 32.9. The van der Waals surface area contributed by atoms with E-state index in [-0.39, 0.29) is 5.12 Å². The molecule has 74 valence electrons. The van der Waals surface area contributed by atoms with E-state index < -0.39 is 0 Å². The highest BCUT2D eigenvalue weighted by molar-refractivity contribution is 8.64. The Balaban J connectivity index is 3.20. The fourth-order valence-electron chi connectivity index (χ4n) is 1.58. The summed E-state index contributed by atoms with van der Waals surface area (Å²) in [5.74, 6) is 0. The minimum Gasteiger partial charge on any atom is -0.281 e. The van der Waals surface area contributed by atoms with Crippen LogP contribution in [0.5, 0.6) is 0 Å². The molecule has 0 fully saturated rings. The van der Waals surface area contributed by atoms with Crippen LogP contribution in [0.1, 0.15) is 27.0 Å². The van der Waals surface area contributed by atoms with Gasteiger partial charge in [0.05, 0.1) is 6.56 Å². The molecule has 0 aliphatic rings. The van der Waals surface area contributed by atoms with Gasteiger partial charge in [-0.1, -0.05) is 17.7 Å². The average molecular weight is 242 g/mol. The second kappa shape index (κ2) is 5.01. The molecule has 1 nitrogen and oxygen atoms in total. The molecule has 0 spiro atoms. The van der Waals surface area contributed by atoms with Crippen LogP contribution in [-0.2, 0) is 11.8 Å². The lowest BCUT2D eigenvalue weighted by Gasteiger charge is -2.07. The maximum absolute atomic E-state index is 11.7. The van der Waals surface area contributed by atoms with Crippen LogP contribution in [-0.4, -0.2) is 5.12 Å². The summed E-state index contributed by atoms with van der Waals surface area (Å²) in [6.45, 7) is 6.61. The summed E-state index contributed by atoms with van der Waals surface area (Å²) in [5.41, 5.74) is 4.09. The van der Waals surface area contributed by atoms with Gasteiger partial charge in [-0.05, 0) is 55.1 Å². The van der Waals surface area contributed by atoms with Gasteiger partial charge in [-0.3, -0.25) is 4.79 Å². The molecule has 1 aromatic carbocycles. The highest BCUT2D eigenvalue weighted by Crippen LogP contribution is 2.27. The van der Waals surface area contributed by atoms with Crippen LogP contribution >= 0.6 is 17.9 Å². The molecule has 0 N–H and O–H groups in total.